The largest absolute Gasteiger partial charge is 0.496 e. The van der Waals surface area contributed by atoms with Crippen molar-refractivity contribution in [3.63, 3.8) is 0 Å². The molecule has 31 heavy (non-hydrogen) atoms. The molecule has 4 rings (SSSR count). The Kier molecular flexibility index (Phi) is 6.12. The molecule has 0 radical (unpaired) electrons. The molecule has 0 aliphatic heterocycles. The van der Waals surface area contributed by atoms with Crippen molar-refractivity contribution >= 4 is 5.91 Å². The van der Waals surface area contributed by atoms with Crippen molar-refractivity contribution < 1.29 is 14.6 Å². The molecule has 0 saturated heterocycles. The van der Waals surface area contributed by atoms with E-state index in [2.05, 4.69) is 36.6 Å². The van der Waals surface area contributed by atoms with E-state index in [0.29, 0.717) is 24.4 Å². The molecule has 172 valence electrons. The van der Waals surface area contributed by atoms with Crippen LogP contribution in [0.3, 0.4) is 0 Å². The lowest BCUT2D eigenvalue weighted by molar-refractivity contribution is -0.123. The highest BCUT2D eigenvalue weighted by Gasteiger charge is 2.61. The molecule has 3 aliphatic carbocycles. The molecule has 3 aliphatic rings. The van der Waals surface area contributed by atoms with Crippen LogP contribution in [0, 0.1) is 16.7 Å². The van der Waals surface area contributed by atoms with E-state index in [1.165, 1.54) is 0 Å². The van der Waals surface area contributed by atoms with Gasteiger partial charge >= 0.3 is 0 Å². The summed E-state index contributed by atoms with van der Waals surface area (Å²) in [6.45, 7) is 7.44. The SMILES string of the molecule is COc1ccccc1CNC1CC(C)(C)C2CC(C)(O)CCC12CCC(=O)NC1CC1. The Hall–Kier alpha value is -1.59. The molecular formula is C26H40N2O3. The fourth-order valence-corrected chi connectivity index (χ4v) is 6.47. The number of carbonyl (C=O) groups is 1. The van der Waals surface area contributed by atoms with Crippen LogP contribution in [0.1, 0.15) is 77.7 Å². The second-order valence-corrected chi connectivity index (χ2v) is 11.3. The maximum absolute atomic E-state index is 12.6. The fourth-order valence-electron chi connectivity index (χ4n) is 6.47. The van der Waals surface area contributed by atoms with Crippen LogP contribution in [0.25, 0.3) is 0 Å². The van der Waals surface area contributed by atoms with Gasteiger partial charge < -0.3 is 20.5 Å². The standard InChI is InChI=1S/C26H40N2O3/c1-24(2)16-22(27-17-18-7-5-6-8-20(18)31-4)26(12-11-23(29)28-19-9-10-19)14-13-25(3,30)15-21(24)26/h5-8,19,21-22,27,30H,9-17H2,1-4H3,(H,28,29). The molecule has 0 heterocycles. The number of para-hydroxylation sites is 1. The molecule has 0 aromatic heterocycles. The number of nitrogens with one attached hydrogen (secondary N) is 2. The summed E-state index contributed by atoms with van der Waals surface area (Å²) in [5.74, 6) is 1.50. The Morgan fingerprint density at radius 1 is 1.16 bits per heavy atom. The second kappa shape index (κ2) is 8.40. The molecule has 1 aromatic carbocycles. The normalized spacial score (nSPS) is 34.2. The number of fused-ring (bicyclic) bond motifs is 1. The minimum atomic E-state index is -0.612. The lowest BCUT2D eigenvalue weighted by atomic mass is 9.57. The summed E-state index contributed by atoms with van der Waals surface area (Å²) in [6.07, 6.45) is 7.36. The molecule has 3 saturated carbocycles. The van der Waals surface area contributed by atoms with Gasteiger partial charge in [0.05, 0.1) is 12.7 Å². The van der Waals surface area contributed by atoms with Gasteiger partial charge in [0.1, 0.15) is 5.75 Å². The summed E-state index contributed by atoms with van der Waals surface area (Å²) in [7, 11) is 1.72. The molecular weight excluding hydrogens is 388 g/mol. The van der Waals surface area contributed by atoms with Crippen LogP contribution in [0.5, 0.6) is 5.75 Å². The summed E-state index contributed by atoms with van der Waals surface area (Å²) in [6, 6.07) is 8.91. The third-order valence-electron chi connectivity index (χ3n) is 8.33. The molecule has 4 atom stereocenters. The van der Waals surface area contributed by atoms with E-state index in [1.807, 2.05) is 19.1 Å². The quantitative estimate of drug-likeness (QED) is 0.581. The first-order valence-corrected chi connectivity index (χ1v) is 12.0. The first-order valence-electron chi connectivity index (χ1n) is 12.0. The van der Waals surface area contributed by atoms with Crippen molar-refractivity contribution in [3.05, 3.63) is 29.8 Å². The number of aliphatic hydroxyl groups is 1. The Morgan fingerprint density at radius 3 is 2.61 bits per heavy atom. The second-order valence-electron chi connectivity index (χ2n) is 11.3. The van der Waals surface area contributed by atoms with Gasteiger partial charge in [0, 0.05) is 30.6 Å². The van der Waals surface area contributed by atoms with Gasteiger partial charge in [-0.1, -0.05) is 32.0 Å². The summed E-state index contributed by atoms with van der Waals surface area (Å²) >= 11 is 0. The van der Waals surface area contributed by atoms with E-state index in [1.54, 1.807) is 7.11 Å². The Morgan fingerprint density at radius 2 is 1.90 bits per heavy atom. The molecule has 0 bridgehead atoms. The van der Waals surface area contributed by atoms with Crippen molar-refractivity contribution in [2.24, 2.45) is 16.7 Å². The molecule has 1 aromatic rings. The number of ether oxygens (including phenoxy) is 1. The van der Waals surface area contributed by atoms with Gasteiger partial charge in [0.2, 0.25) is 5.91 Å². The van der Waals surface area contributed by atoms with Crippen LogP contribution < -0.4 is 15.4 Å². The fraction of sp³-hybridized carbons (Fsp3) is 0.731. The maximum atomic E-state index is 12.6. The third kappa shape index (κ3) is 4.78. The van der Waals surface area contributed by atoms with Gasteiger partial charge in [-0.15, -0.1) is 0 Å². The first kappa shape index (κ1) is 22.6. The first-order chi connectivity index (χ1) is 14.7. The van der Waals surface area contributed by atoms with Gasteiger partial charge in [0.25, 0.3) is 0 Å². The highest BCUT2D eigenvalue weighted by molar-refractivity contribution is 5.76. The number of methoxy groups -OCH3 is 1. The van der Waals surface area contributed by atoms with Crippen molar-refractivity contribution in [2.75, 3.05) is 7.11 Å². The number of benzene rings is 1. The highest BCUT2D eigenvalue weighted by atomic mass is 16.5. The Bertz CT molecular complexity index is 802. The van der Waals surface area contributed by atoms with Gasteiger partial charge in [-0.05, 0) is 74.7 Å². The summed E-state index contributed by atoms with van der Waals surface area (Å²) in [4.78, 5) is 12.6. The van der Waals surface area contributed by atoms with Crippen LogP contribution >= 0.6 is 0 Å². The topological polar surface area (TPSA) is 70.6 Å². The Balaban J connectivity index is 1.55. The molecule has 1 amide bonds. The van der Waals surface area contributed by atoms with Crippen molar-refractivity contribution in [1.82, 2.24) is 10.6 Å². The van der Waals surface area contributed by atoms with E-state index in [9.17, 15) is 9.90 Å². The van der Waals surface area contributed by atoms with E-state index >= 15 is 0 Å². The average molecular weight is 429 g/mol. The molecule has 0 spiro atoms. The van der Waals surface area contributed by atoms with Gasteiger partial charge in [-0.3, -0.25) is 4.79 Å². The molecule has 5 nitrogen and oxygen atoms in total. The number of rotatable bonds is 8. The lowest BCUT2D eigenvalue weighted by Gasteiger charge is -2.51. The van der Waals surface area contributed by atoms with E-state index in [0.717, 1.165) is 62.8 Å². The summed E-state index contributed by atoms with van der Waals surface area (Å²) < 4.78 is 5.56. The van der Waals surface area contributed by atoms with Crippen LogP contribution in [0.4, 0.5) is 0 Å². The maximum Gasteiger partial charge on any atom is 0.220 e. The van der Waals surface area contributed by atoms with E-state index in [4.69, 9.17) is 4.74 Å². The zero-order valence-electron chi connectivity index (χ0n) is 19.7. The van der Waals surface area contributed by atoms with E-state index < -0.39 is 5.60 Å². The number of amides is 1. The van der Waals surface area contributed by atoms with Crippen molar-refractivity contribution in [3.8, 4) is 5.75 Å². The molecule has 3 fully saturated rings. The number of hydrogen-bond acceptors (Lipinski definition) is 4. The summed E-state index contributed by atoms with van der Waals surface area (Å²) in [5.41, 5.74) is 0.708. The zero-order valence-corrected chi connectivity index (χ0v) is 19.7. The monoisotopic (exact) mass is 428 g/mol. The Labute approximate surface area is 187 Å². The minimum Gasteiger partial charge on any atom is -0.496 e. The zero-order chi connectivity index (χ0) is 22.3. The number of carbonyl (C=O) groups excluding carboxylic acids is 1. The lowest BCUT2D eigenvalue weighted by Crippen LogP contribution is -2.51. The van der Waals surface area contributed by atoms with Crippen LogP contribution in [0.15, 0.2) is 24.3 Å². The van der Waals surface area contributed by atoms with Gasteiger partial charge in [-0.2, -0.15) is 0 Å². The predicted octanol–water partition coefficient (Wildman–Crippen LogP) is 4.18. The van der Waals surface area contributed by atoms with Gasteiger partial charge in [0.15, 0.2) is 0 Å². The molecule has 3 N–H and O–H groups in total. The number of hydrogen-bond donors (Lipinski definition) is 3. The molecule has 5 heteroatoms. The minimum absolute atomic E-state index is 0.0364. The van der Waals surface area contributed by atoms with Crippen LogP contribution in [0.2, 0.25) is 0 Å². The third-order valence-corrected chi connectivity index (χ3v) is 8.33. The van der Waals surface area contributed by atoms with Crippen LogP contribution in [-0.2, 0) is 11.3 Å². The average Bonchev–Trinajstić information content (AvgIpc) is 3.50. The van der Waals surface area contributed by atoms with Crippen molar-refractivity contribution in [2.45, 2.75) is 96.4 Å². The van der Waals surface area contributed by atoms with Gasteiger partial charge in [-0.25, -0.2) is 0 Å². The smallest absolute Gasteiger partial charge is 0.220 e. The van der Waals surface area contributed by atoms with Crippen LogP contribution in [-0.4, -0.2) is 35.8 Å². The predicted molar refractivity (Wildman–Crippen MR) is 123 cm³/mol. The van der Waals surface area contributed by atoms with E-state index in [-0.39, 0.29) is 16.7 Å². The summed E-state index contributed by atoms with van der Waals surface area (Å²) in [5, 5.41) is 18.0. The highest BCUT2D eigenvalue weighted by Crippen LogP contribution is 2.63. The van der Waals surface area contributed by atoms with Crippen molar-refractivity contribution in [1.29, 1.82) is 0 Å². The molecule has 4 unspecified atom stereocenters.